The number of hydrogen-bond donors (Lipinski definition) is 0. The summed E-state index contributed by atoms with van der Waals surface area (Å²) in [6.45, 7) is 0. The van der Waals surface area contributed by atoms with Crippen LogP contribution in [0, 0.1) is 6.08 Å². The zero-order valence-electron chi connectivity index (χ0n) is 16.5. The van der Waals surface area contributed by atoms with Gasteiger partial charge in [-0.3, -0.25) is 0 Å². The molecule has 0 heteroatoms. The van der Waals surface area contributed by atoms with Crippen LogP contribution in [0.15, 0.2) is 79.0 Å². The summed E-state index contributed by atoms with van der Waals surface area (Å²) in [5, 5.41) is 0. The minimum atomic E-state index is 1.08. The highest BCUT2D eigenvalue weighted by Crippen LogP contribution is 2.12. The Hall–Kier alpha value is -1.82. The zero-order valence-corrected chi connectivity index (χ0v) is 16.5. The molecule has 1 radical (unpaired) electrons. The molecule has 0 amide bonds. The Morgan fingerprint density at radius 3 is 1.38 bits per heavy atom. The van der Waals surface area contributed by atoms with Gasteiger partial charge in [0.15, 0.2) is 0 Å². The van der Waals surface area contributed by atoms with Crippen LogP contribution in [0.5, 0.6) is 0 Å². The van der Waals surface area contributed by atoms with Crippen LogP contribution in [0.1, 0.15) is 77.0 Å². The molecule has 0 aromatic carbocycles. The predicted octanol–water partition coefficient (Wildman–Crippen LogP) is 8.38. The molecule has 0 nitrogen and oxygen atoms in total. The molecular formula is C26H37. The highest BCUT2D eigenvalue weighted by molar-refractivity contribution is 5.20. The summed E-state index contributed by atoms with van der Waals surface area (Å²) in [7, 11) is 0. The molecule has 1 aliphatic carbocycles. The predicted molar refractivity (Wildman–Crippen MR) is 118 cm³/mol. The van der Waals surface area contributed by atoms with E-state index in [1.165, 1.54) is 70.6 Å². The molecule has 26 heavy (non-hydrogen) atoms. The summed E-state index contributed by atoms with van der Waals surface area (Å²) >= 11 is 0. The van der Waals surface area contributed by atoms with E-state index in [0.717, 1.165) is 6.42 Å². The van der Waals surface area contributed by atoms with E-state index in [4.69, 9.17) is 0 Å². The van der Waals surface area contributed by atoms with Crippen molar-refractivity contribution in [2.75, 3.05) is 0 Å². The van der Waals surface area contributed by atoms with Crippen LogP contribution >= 0.6 is 0 Å². The quantitative estimate of drug-likeness (QED) is 0.412. The molecule has 0 spiro atoms. The summed E-state index contributed by atoms with van der Waals surface area (Å²) in [6, 6.07) is 0. The van der Waals surface area contributed by atoms with Gasteiger partial charge in [0.25, 0.3) is 0 Å². The maximum Gasteiger partial charge on any atom is -0.0276 e. The monoisotopic (exact) mass is 349 g/mol. The molecule has 0 saturated heterocycles. The van der Waals surface area contributed by atoms with Crippen molar-refractivity contribution in [2.24, 2.45) is 0 Å². The van der Waals surface area contributed by atoms with E-state index in [9.17, 15) is 0 Å². The van der Waals surface area contributed by atoms with Gasteiger partial charge in [0.2, 0.25) is 0 Å². The fraction of sp³-hybridized carbons (Fsp3) is 0.462. The minimum Gasteiger partial charge on any atom is -0.0845 e. The van der Waals surface area contributed by atoms with Gasteiger partial charge in [-0.15, -0.1) is 0 Å². The molecule has 0 saturated carbocycles. The molecule has 0 atom stereocenters. The summed E-state index contributed by atoms with van der Waals surface area (Å²) < 4.78 is 0. The van der Waals surface area contributed by atoms with Crippen LogP contribution in [0.3, 0.4) is 0 Å². The molecule has 0 N–H and O–H groups in total. The topological polar surface area (TPSA) is 0 Å². The molecule has 0 fully saturated rings. The van der Waals surface area contributed by atoms with E-state index < -0.39 is 0 Å². The number of rotatable bonds is 0. The van der Waals surface area contributed by atoms with Crippen molar-refractivity contribution in [1.82, 2.24) is 0 Å². The maximum atomic E-state index is 3.36. The van der Waals surface area contributed by atoms with Crippen molar-refractivity contribution in [3.8, 4) is 0 Å². The molecule has 0 unspecified atom stereocenters. The number of hydrogen-bond acceptors (Lipinski definition) is 0. The second-order valence-corrected chi connectivity index (χ2v) is 6.80. The van der Waals surface area contributed by atoms with Crippen LogP contribution < -0.4 is 0 Å². The zero-order chi connectivity index (χ0) is 18.4. The van der Waals surface area contributed by atoms with Crippen molar-refractivity contribution < 1.29 is 0 Å². The molecule has 0 heterocycles. The van der Waals surface area contributed by atoms with Crippen molar-refractivity contribution in [1.29, 1.82) is 0 Å². The highest BCUT2D eigenvalue weighted by atomic mass is 14.0. The Balaban J connectivity index is 2.34. The van der Waals surface area contributed by atoms with Crippen molar-refractivity contribution >= 4 is 0 Å². The standard InChI is InChI=1S/C26H37/c1-2-4-6-8-10-12-14-16-18-20-22-24-26-25-23-21-19-17-15-13-11-9-7-5-3-1/h1-13H,14,16-26H2/b3-1+,4-2+,7-5-,8-6+,11-9+,12-10-,15-13?. The lowest BCUT2D eigenvalue weighted by atomic mass is 10.0. The van der Waals surface area contributed by atoms with E-state index in [1.807, 2.05) is 30.4 Å². The summed E-state index contributed by atoms with van der Waals surface area (Å²) in [5.41, 5.74) is 0. The second kappa shape index (κ2) is 19.5. The van der Waals surface area contributed by atoms with E-state index in [-0.39, 0.29) is 0 Å². The first kappa shape index (κ1) is 22.2. The Morgan fingerprint density at radius 2 is 0.808 bits per heavy atom. The lowest BCUT2D eigenvalue weighted by Gasteiger charge is -2.01. The first-order chi connectivity index (χ1) is 13.0. The number of allylic oxidation sites excluding steroid dienone is 14. The van der Waals surface area contributed by atoms with Crippen LogP contribution in [-0.4, -0.2) is 0 Å². The van der Waals surface area contributed by atoms with E-state index in [0.29, 0.717) is 0 Å². The molecule has 0 bridgehead atoms. The SMILES string of the molecule is [C]1=C/C=C/C=C\C=C\C=C\C=C\C=C/CCCCCCCCCCCC/1. The summed E-state index contributed by atoms with van der Waals surface area (Å²) in [5.74, 6) is 0. The normalized spacial score (nSPS) is 28.3. The van der Waals surface area contributed by atoms with Crippen LogP contribution in [0.2, 0.25) is 0 Å². The minimum absolute atomic E-state index is 1.08. The summed E-state index contributed by atoms with van der Waals surface area (Å²) in [4.78, 5) is 0. The van der Waals surface area contributed by atoms with Crippen LogP contribution in [0.25, 0.3) is 0 Å². The summed E-state index contributed by atoms with van der Waals surface area (Å²) in [6.07, 6.45) is 46.5. The van der Waals surface area contributed by atoms with Gasteiger partial charge in [0, 0.05) is 0 Å². The average Bonchev–Trinajstić information content (AvgIpc) is 2.65. The van der Waals surface area contributed by atoms with Gasteiger partial charge < -0.3 is 0 Å². The third-order valence-corrected chi connectivity index (χ3v) is 4.40. The van der Waals surface area contributed by atoms with Crippen LogP contribution in [0.4, 0.5) is 0 Å². The first-order valence-corrected chi connectivity index (χ1v) is 10.6. The molecule has 0 aromatic heterocycles. The lowest BCUT2D eigenvalue weighted by molar-refractivity contribution is 0.553. The Bertz CT molecular complexity index is 448. The fourth-order valence-corrected chi connectivity index (χ4v) is 2.86. The second-order valence-electron chi connectivity index (χ2n) is 6.80. The molecule has 0 aromatic rings. The van der Waals surface area contributed by atoms with Gasteiger partial charge >= 0.3 is 0 Å². The molecule has 1 rings (SSSR count). The van der Waals surface area contributed by atoms with Gasteiger partial charge in [-0.05, 0) is 31.8 Å². The smallest absolute Gasteiger partial charge is 0.0276 e. The van der Waals surface area contributed by atoms with Gasteiger partial charge in [-0.1, -0.05) is 130 Å². The molecule has 0 aliphatic heterocycles. The van der Waals surface area contributed by atoms with Gasteiger partial charge in [-0.2, -0.15) is 0 Å². The molecule has 1 aliphatic rings. The van der Waals surface area contributed by atoms with Gasteiger partial charge in [0.05, 0.1) is 0 Å². The largest absolute Gasteiger partial charge is 0.0845 e. The van der Waals surface area contributed by atoms with Crippen molar-refractivity contribution in [2.45, 2.75) is 77.0 Å². The maximum absolute atomic E-state index is 3.36. The van der Waals surface area contributed by atoms with Gasteiger partial charge in [0.1, 0.15) is 0 Å². The van der Waals surface area contributed by atoms with E-state index in [2.05, 4.69) is 54.7 Å². The Morgan fingerprint density at radius 1 is 0.385 bits per heavy atom. The van der Waals surface area contributed by atoms with E-state index in [1.54, 1.807) is 0 Å². The highest BCUT2D eigenvalue weighted by Gasteiger charge is 1.92. The van der Waals surface area contributed by atoms with E-state index >= 15 is 0 Å². The fourth-order valence-electron chi connectivity index (χ4n) is 2.86. The van der Waals surface area contributed by atoms with Gasteiger partial charge in [-0.25, -0.2) is 0 Å². The van der Waals surface area contributed by atoms with Crippen molar-refractivity contribution in [3.05, 3.63) is 85.1 Å². The lowest BCUT2D eigenvalue weighted by Crippen LogP contribution is -1.82. The Kier molecular flexibility index (Phi) is 16.7. The van der Waals surface area contributed by atoms with Crippen molar-refractivity contribution in [3.63, 3.8) is 0 Å². The Labute approximate surface area is 162 Å². The average molecular weight is 350 g/mol. The molecular weight excluding hydrogens is 312 g/mol. The third-order valence-electron chi connectivity index (χ3n) is 4.40. The first-order valence-electron chi connectivity index (χ1n) is 10.6. The third kappa shape index (κ3) is 17.0. The molecule has 141 valence electrons. The van der Waals surface area contributed by atoms with Crippen LogP contribution in [-0.2, 0) is 0 Å².